The molecule has 4 aliphatic heterocycles. The predicted octanol–water partition coefficient (Wildman–Crippen LogP) is 2.94. The first-order valence-electron chi connectivity index (χ1n) is 14.8. The molecule has 1 unspecified atom stereocenters. The van der Waals surface area contributed by atoms with Crippen molar-refractivity contribution in [2.75, 3.05) is 13.1 Å². The smallest absolute Gasteiger partial charge is 0.121 e. The van der Waals surface area contributed by atoms with Crippen molar-refractivity contribution in [2.24, 2.45) is 17.1 Å². The molecule has 5 fully saturated rings. The topological polar surface area (TPSA) is 104 Å². The van der Waals surface area contributed by atoms with Crippen molar-refractivity contribution < 1.29 is 19.7 Å². The molecule has 2 spiro atoms. The molecule has 9 rings (SSSR count). The first kappa shape index (κ1) is 23.6. The van der Waals surface area contributed by atoms with Crippen LogP contribution in [0.5, 0.6) is 0 Å². The van der Waals surface area contributed by atoms with Crippen LogP contribution in [0.4, 0.5) is 0 Å². The summed E-state index contributed by atoms with van der Waals surface area (Å²) in [5, 5.41) is 26.3. The van der Waals surface area contributed by atoms with Crippen LogP contribution in [0.3, 0.4) is 0 Å². The molecule has 5 heterocycles. The number of fused-ring (bicyclic) bond motifs is 4. The van der Waals surface area contributed by atoms with Gasteiger partial charge in [0, 0.05) is 54.3 Å². The number of likely N-dealkylation sites (tertiary alicyclic amines) is 1. The van der Waals surface area contributed by atoms with E-state index >= 15 is 0 Å². The van der Waals surface area contributed by atoms with Crippen LogP contribution >= 0.6 is 0 Å². The average molecular weight is 528 g/mol. The van der Waals surface area contributed by atoms with E-state index in [1.165, 1.54) is 11.1 Å². The van der Waals surface area contributed by atoms with Gasteiger partial charge in [0.2, 0.25) is 0 Å². The van der Waals surface area contributed by atoms with Gasteiger partial charge in [-0.25, -0.2) is 0 Å². The molecule has 3 aliphatic carbocycles. The minimum absolute atomic E-state index is 0.00303. The largest absolute Gasteiger partial charge is 0.390 e. The van der Waals surface area contributed by atoms with Gasteiger partial charge in [-0.1, -0.05) is 31.2 Å². The number of epoxide rings is 1. The Morgan fingerprint density at radius 1 is 1.18 bits per heavy atom. The number of rotatable bonds is 2. The summed E-state index contributed by atoms with van der Waals surface area (Å²) in [5.74, 6) is 0.00303. The number of hydrogen-bond acceptors (Lipinski definition) is 7. The first-order valence-corrected chi connectivity index (χ1v) is 14.8. The van der Waals surface area contributed by atoms with Crippen LogP contribution in [-0.4, -0.2) is 74.8 Å². The maximum absolute atomic E-state index is 12.5. The molecule has 2 aromatic rings. The second-order valence-electron chi connectivity index (χ2n) is 13.7. The molecular formula is C32H37N3O4. The number of pyridine rings is 1. The fraction of sp³-hybridized carbons (Fsp3) is 0.594. The van der Waals surface area contributed by atoms with E-state index in [-0.39, 0.29) is 29.8 Å². The van der Waals surface area contributed by atoms with Crippen LogP contribution in [0.2, 0.25) is 0 Å². The van der Waals surface area contributed by atoms with Gasteiger partial charge in [-0.2, -0.15) is 0 Å². The molecule has 10 atom stereocenters. The van der Waals surface area contributed by atoms with E-state index < -0.39 is 22.7 Å². The number of ether oxygens (including phenoxy) is 2. The zero-order chi connectivity index (χ0) is 26.4. The molecular weight excluding hydrogens is 490 g/mol. The SMILES string of the molecule is C[C@]12CC=C3C=C4[C@H]5O[C@H]5[C@@H](N5CC[C@@H](N)C5)C[C@]45CCC3(O5)[C@@H]1C[C@@H](O)[C@]2(O)c1ccc2ccncc2c1. The highest BCUT2D eigenvalue weighted by molar-refractivity contribution is 5.82. The monoisotopic (exact) mass is 527 g/mol. The first-order chi connectivity index (χ1) is 18.8. The maximum Gasteiger partial charge on any atom is 0.121 e. The second kappa shape index (κ2) is 7.38. The van der Waals surface area contributed by atoms with Gasteiger partial charge in [0.05, 0.1) is 17.3 Å². The molecule has 204 valence electrons. The van der Waals surface area contributed by atoms with Crippen molar-refractivity contribution in [2.45, 2.75) is 92.6 Å². The van der Waals surface area contributed by atoms with Crippen LogP contribution in [0.1, 0.15) is 51.0 Å². The van der Waals surface area contributed by atoms with Crippen molar-refractivity contribution in [1.82, 2.24) is 9.88 Å². The molecule has 7 heteroatoms. The molecule has 7 aliphatic rings. The number of nitrogens with two attached hydrogens (primary N) is 1. The highest BCUT2D eigenvalue weighted by atomic mass is 16.6. The van der Waals surface area contributed by atoms with Crippen molar-refractivity contribution in [3.63, 3.8) is 0 Å². The van der Waals surface area contributed by atoms with Gasteiger partial charge in [-0.05, 0) is 72.8 Å². The van der Waals surface area contributed by atoms with Crippen molar-refractivity contribution >= 4 is 10.8 Å². The normalized spacial score (nSPS) is 49.6. The lowest BCUT2D eigenvalue weighted by atomic mass is 9.56. The highest BCUT2D eigenvalue weighted by Gasteiger charge is 2.75. The number of allylic oxidation sites excluding steroid dienone is 1. The second-order valence-corrected chi connectivity index (χ2v) is 13.7. The number of aliphatic hydroxyl groups excluding tert-OH is 1. The zero-order valence-electron chi connectivity index (χ0n) is 22.4. The van der Waals surface area contributed by atoms with Gasteiger partial charge >= 0.3 is 0 Å². The molecule has 2 saturated carbocycles. The predicted molar refractivity (Wildman–Crippen MR) is 146 cm³/mol. The van der Waals surface area contributed by atoms with Crippen molar-refractivity contribution in [3.8, 4) is 0 Å². The van der Waals surface area contributed by atoms with Crippen molar-refractivity contribution in [3.05, 3.63) is 65.5 Å². The van der Waals surface area contributed by atoms with E-state index in [0.29, 0.717) is 18.9 Å². The van der Waals surface area contributed by atoms with Crippen LogP contribution in [-0.2, 0) is 15.1 Å². The Bertz CT molecular complexity index is 1470. The van der Waals surface area contributed by atoms with E-state index in [9.17, 15) is 10.2 Å². The zero-order valence-corrected chi connectivity index (χ0v) is 22.4. The van der Waals surface area contributed by atoms with Gasteiger partial charge in [0.25, 0.3) is 0 Å². The lowest BCUT2D eigenvalue weighted by Crippen LogP contribution is -2.59. The summed E-state index contributed by atoms with van der Waals surface area (Å²) in [6.07, 6.45) is 12.9. The Labute approximate surface area is 228 Å². The lowest BCUT2D eigenvalue weighted by molar-refractivity contribution is -0.174. The van der Waals surface area contributed by atoms with Crippen LogP contribution in [0.15, 0.2) is 60.0 Å². The molecule has 4 N–H and O–H groups in total. The molecule has 3 saturated heterocycles. The Kier molecular flexibility index (Phi) is 4.46. The summed E-state index contributed by atoms with van der Waals surface area (Å²) in [4.78, 5) is 6.83. The maximum atomic E-state index is 12.5. The minimum Gasteiger partial charge on any atom is -0.390 e. The average Bonchev–Trinajstić information content (AvgIpc) is 3.45. The summed E-state index contributed by atoms with van der Waals surface area (Å²) in [6.45, 7) is 4.14. The Morgan fingerprint density at radius 3 is 2.92 bits per heavy atom. The third kappa shape index (κ3) is 2.77. The number of hydrogen-bond donors (Lipinski definition) is 3. The van der Waals surface area contributed by atoms with E-state index in [0.717, 1.165) is 55.1 Å². The molecule has 7 nitrogen and oxygen atoms in total. The van der Waals surface area contributed by atoms with E-state index in [2.05, 4.69) is 29.0 Å². The Hall–Kier alpha value is -2.13. The molecule has 39 heavy (non-hydrogen) atoms. The number of aliphatic hydroxyl groups is 2. The van der Waals surface area contributed by atoms with Crippen LogP contribution < -0.4 is 5.73 Å². The summed E-state index contributed by atoms with van der Waals surface area (Å²) in [6, 6.07) is 8.61. The highest BCUT2D eigenvalue weighted by Crippen LogP contribution is 2.71. The number of aromatic nitrogens is 1. The third-order valence-electron chi connectivity index (χ3n) is 12.0. The number of nitrogens with zero attached hydrogens (tertiary/aromatic N) is 2. The summed E-state index contributed by atoms with van der Waals surface area (Å²) >= 11 is 0. The van der Waals surface area contributed by atoms with Crippen LogP contribution in [0.25, 0.3) is 10.8 Å². The molecule has 0 radical (unpaired) electrons. The van der Waals surface area contributed by atoms with Gasteiger partial charge < -0.3 is 25.4 Å². The third-order valence-corrected chi connectivity index (χ3v) is 12.0. The minimum atomic E-state index is -1.38. The quantitative estimate of drug-likeness (QED) is 0.516. The van der Waals surface area contributed by atoms with Gasteiger partial charge in [-0.3, -0.25) is 9.88 Å². The Balaban J connectivity index is 1.12. The fourth-order valence-corrected chi connectivity index (χ4v) is 9.99. The standard InChI is InChI=1S/C32H37N3O4/c1-29-7-4-20-13-23-27-28(38-27)24(35-11-6-22(33)17-35)15-30(23)8-9-31(20,39-30)25(29)14-26(36)32(29,37)21-3-2-18-5-10-34-16-19(18)12-21/h2-5,10,12-13,16,22,24-28,36-37H,6-9,11,14-15,17,33H2,1H3/t22-,24+,25-,26-,27-,28+,29+,30-,31?,32-/m1/s1. The van der Waals surface area contributed by atoms with E-state index in [1.54, 1.807) is 6.20 Å². The van der Waals surface area contributed by atoms with Crippen LogP contribution in [0, 0.1) is 11.3 Å². The summed E-state index contributed by atoms with van der Waals surface area (Å²) < 4.78 is 13.8. The van der Waals surface area contributed by atoms with Crippen molar-refractivity contribution in [1.29, 1.82) is 0 Å². The van der Waals surface area contributed by atoms with Gasteiger partial charge in [0.15, 0.2) is 0 Å². The fourth-order valence-electron chi connectivity index (χ4n) is 9.99. The molecule has 1 aromatic carbocycles. The molecule has 1 aromatic heterocycles. The molecule has 2 bridgehead atoms. The molecule has 0 amide bonds. The van der Waals surface area contributed by atoms with Gasteiger partial charge in [-0.15, -0.1) is 0 Å². The summed E-state index contributed by atoms with van der Waals surface area (Å²) in [5.41, 5.74) is 6.85. The Morgan fingerprint density at radius 2 is 2.08 bits per heavy atom. The van der Waals surface area contributed by atoms with E-state index in [4.69, 9.17) is 15.2 Å². The van der Waals surface area contributed by atoms with Gasteiger partial charge in [0.1, 0.15) is 17.8 Å². The lowest BCUT2D eigenvalue weighted by Gasteiger charge is -2.55. The number of benzene rings is 1. The van der Waals surface area contributed by atoms with E-state index in [1.807, 2.05) is 30.5 Å². The summed E-state index contributed by atoms with van der Waals surface area (Å²) in [7, 11) is 0.